The van der Waals surface area contributed by atoms with Crippen LogP contribution in [-0.2, 0) is 9.53 Å². The summed E-state index contributed by atoms with van der Waals surface area (Å²) < 4.78 is 10.7. The molecule has 0 saturated heterocycles. The molecule has 0 aliphatic carbocycles. The highest BCUT2D eigenvalue weighted by molar-refractivity contribution is 6.12. The van der Waals surface area contributed by atoms with Gasteiger partial charge in [0.1, 0.15) is 5.75 Å². The number of carbonyl (C=O) groups excluding carboxylic acids is 1. The number of carbonyl (C=O) groups is 1. The number of benzene rings is 2. The van der Waals surface area contributed by atoms with Crippen LogP contribution in [-0.4, -0.2) is 18.5 Å². The topological polar surface area (TPSA) is 47.9 Å². The number of ether oxygens (including phenoxy) is 2. The van der Waals surface area contributed by atoms with E-state index in [1.165, 1.54) is 0 Å². The van der Waals surface area contributed by atoms with Gasteiger partial charge in [0.2, 0.25) is 5.90 Å². The Hall–Kier alpha value is -2.88. The van der Waals surface area contributed by atoms with Gasteiger partial charge in [0.25, 0.3) is 0 Å². The second kappa shape index (κ2) is 6.26. The number of hydrogen-bond donors (Lipinski definition) is 0. The molecule has 0 radical (unpaired) electrons. The Balaban J connectivity index is 1.89. The summed E-state index contributed by atoms with van der Waals surface area (Å²) in [6, 6.07) is 16.8. The van der Waals surface area contributed by atoms with E-state index in [0.717, 1.165) is 16.9 Å². The van der Waals surface area contributed by atoms with Crippen molar-refractivity contribution in [1.82, 2.24) is 0 Å². The first-order chi connectivity index (χ1) is 10.8. The van der Waals surface area contributed by atoms with Gasteiger partial charge in [0.05, 0.1) is 6.61 Å². The zero-order chi connectivity index (χ0) is 15.4. The fraction of sp³-hybridized carbons (Fsp3) is 0.111. The normalized spacial score (nSPS) is 15.6. The molecule has 0 N–H and O–H groups in total. The minimum atomic E-state index is -0.444. The third-order valence-electron chi connectivity index (χ3n) is 3.11. The predicted molar refractivity (Wildman–Crippen MR) is 84.7 cm³/mol. The fourth-order valence-electron chi connectivity index (χ4n) is 2.13. The molecule has 0 bridgehead atoms. The van der Waals surface area contributed by atoms with Crippen LogP contribution in [0.25, 0.3) is 6.08 Å². The molecule has 22 heavy (non-hydrogen) atoms. The third-order valence-corrected chi connectivity index (χ3v) is 3.11. The van der Waals surface area contributed by atoms with E-state index in [2.05, 4.69) is 4.99 Å². The van der Waals surface area contributed by atoms with Crippen molar-refractivity contribution in [1.29, 1.82) is 0 Å². The molecule has 0 spiro atoms. The quantitative estimate of drug-likeness (QED) is 0.641. The monoisotopic (exact) mass is 293 g/mol. The Kier molecular flexibility index (Phi) is 4.01. The summed E-state index contributed by atoms with van der Waals surface area (Å²) in [5.74, 6) is 0.647. The van der Waals surface area contributed by atoms with Crippen molar-refractivity contribution >= 4 is 17.9 Å². The van der Waals surface area contributed by atoms with E-state index in [1.807, 2.05) is 61.5 Å². The highest BCUT2D eigenvalue weighted by atomic mass is 16.6. The van der Waals surface area contributed by atoms with Gasteiger partial charge in [-0.05, 0) is 42.8 Å². The molecule has 0 atom stereocenters. The zero-order valence-corrected chi connectivity index (χ0v) is 12.2. The van der Waals surface area contributed by atoms with Gasteiger partial charge in [-0.3, -0.25) is 0 Å². The molecule has 0 amide bonds. The smallest absolute Gasteiger partial charge is 0.363 e. The third kappa shape index (κ3) is 3.06. The first-order valence-corrected chi connectivity index (χ1v) is 7.07. The van der Waals surface area contributed by atoms with Crippen molar-refractivity contribution in [3.63, 3.8) is 0 Å². The lowest BCUT2D eigenvalue weighted by atomic mass is 10.2. The second-order valence-electron chi connectivity index (χ2n) is 4.71. The fourth-order valence-corrected chi connectivity index (χ4v) is 2.13. The maximum Gasteiger partial charge on any atom is 0.363 e. The van der Waals surface area contributed by atoms with Crippen molar-refractivity contribution < 1.29 is 14.3 Å². The van der Waals surface area contributed by atoms with E-state index < -0.39 is 5.97 Å². The van der Waals surface area contributed by atoms with E-state index >= 15 is 0 Å². The zero-order valence-electron chi connectivity index (χ0n) is 12.2. The molecule has 4 nitrogen and oxygen atoms in total. The first kappa shape index (κ1) is 14.1. The summed E-state index contributed by atoms with van der Waals surface area (Å²) in [5.41, 5.74) is 1.91. The maximum atomic E-state index is 11.9. The summed E-state index contributed by atoms with van der Waals surface area (Å²) >= 11 is 0. The average molecular weight is 293 g/mol. The van der Waals surface area contributed by atoms with E-state index in [-0.39, 0.29) is 5.70 Å². The lowest BCUT2D eigenvalue weighted by Crippen LogP contribution is -2.04. The van der Waals surface area contributed by atoms with Gasteiger partial charge in [-0.25, -0.2) is 9.79 Å². The second-order valence-corrected chi connectivity index (χ2v) is 4.71. The number of esters is 1. The van der Waals surface area contributed by atoms with E-state index in [4.69, 9.17) is 9.47 Å². The van der Waals surface area contributed by atoms with Crippen LogP contribution in [0.5, 0.6) is 5.75 Å². The van der Waals surface area contributed by atoms with Crippen LogP contribution < -0.4 is 4.74 Å². The number of rotatable bonds is 4. The van der Waals surface area contributed by atoms with Crippen LogP contribution in [0.4, 0.5) is 0 Å². The molecule has 2 aromatic rings. The standard InChI is InChI=1S/C18H15NO3/c1-2-21-15-10-6-7-13(11-15)12-16-18(20)22-17(19-16)14-8-4-3-5-9-14/h3-12H,2H2,1H3. The molecule has 0 aromatic heterocycles. The van der Waals surface area contributed by atoms with Gasteiger partial charge in [0, 0.05) is 5.56 Å². The molecule has 3 rings (SSSR count). The summed E-state index contributed by atoms with van der Waals surface area (Å²) in [4.78, 5) is 16.2. The molecule has 1 aliphatic heterocycles. The van der Waals surface area contributed by atoms with Gasteiger partial charge in [-0.2, -0.15) is 0 Å². The van der Waals surface area contributed by atoms with E-state index in [9.17, 15) is 4.79 Å². The maximum absolute atomic E-state index is 11.9. The summed E-state index contributed by atoms with van der Waals surface area (Å²) in [7, 11) is 0. The Bertz CT molecular complexity index is 748. The Morgan fingerprint density at radius 2 is 1.95 bits per heavy atom. The molecule has 0 saturated carbocycles. The Morgan fingerprint density at radius 1 is 1.14 bits per heavy atom. The predicted octanol–water partition coefficient (Wildman–Crippen LogP) is 3.43. The number of nitrogens with zero attached hydrogens (tertiary/aromatic N) is 1. The van der Waals surface area contributed by atoms with Crippen LogP contribution in [0.1, 0.15) is 18.1 Å². The van der Waals surface area contributed by atoms with Gasteiger partial charge in [0.15, 0.2) is 5.70 Å². The molecule has 2 aromatic carbocycles. The molecular formula is C18H15NO3. The highest BCUT2D eigenvalue weighted by Gasteiger charge is 2.23. The van der Waals surface area contributed by atoms with Crippen molar-refractivity contribution in [2.45, 2.75) is 6.92 Å². The lowest BCUT2D eigenvalue weighted by molar-refractivity contribution is -0.129. The minimum absolute atomic E-state index is 0.285. The van der Waals surface area contributed by atoms with Crippen LogP contribution in [0, 0.1) is 0 Å². The summed E-state index contributed by atoms with van der Waals surface area (Å²) in [6.45, 7) is 2.52. The number of cyclic esters (lactones) is 1. The molecule has 110 valence electrons. The van der Waals surface area contributed by atoms with Gasteiger partial charge < -0.3 is 9.47 Å². The van der Waals surface area contributed by atoms with Crippen molar-refractivity contribution in [3.05, 3.63) is 71.4 Å². The number of aliphatic imine (C=N–C) groups is 1. The Labute approximate surface area is 128 Å². The summed E-state index contributed by atoms with van der Waals surface area (Å²) in [6.07, 6.45) is 1.70. The minimum Gasteiger partial charge on any atom is -0.494 e. The van der Waals surface area contributed by atoms with E-state index in [0.29, 0.717) is 12.5 Å². The van der Waals surface area contributed by atoms with Crippen LogP contribution in [0.2, 0.25) is 0 Å². The van der Waals surface area contributed by atoms with Crippen LogP contribution >= 0.6 is 0 Å². The molecular weight excluding hydrogens is 278 g/mol. The Morgan fingerprint density at radius 3 is 2.73 bits per heavy atom. The van der Waals surface area contributed by atoms with Gasteiger partial charge >= 0.3 is 5.97 Å². The molecule has 4 heteroatoms. The molecule has 0 unspecified atom stereocenters. The molecule has 0 fully saturated rings. The largest absolute Gasteiger partial charge is 0.494 e. The molecule has 1 aliphatic rings. The number of hydrogen-bond acceptors (Lipinski definition) is 4. The van der Waals surface area contributed by atoms with Crippen molar-refractivity contribution in [2.75, 3.05) is 6.61 Å². The average Bonchev–Trinajstić information content (AvgIpc) is 2.90. The first-order valence-electron chi connectivity index (χ1n) is 7.07. The van der Waals surface area contributed by atoms with Crippen molar-refractivity contribution in [3.8, 4) is 5.75 Å². The van der Waals surface area contributed by atoms with Crippen molar-refractivity contribution in [2.24, 2.45) is 4.99 Å². The van der Waals surface area contributed by atoms with E-state index in [1.54, 1.807) is 6.08 Å². The van der Waals surface area contributed by atoms with Gasteiger partial charge in [-0.1, -0.05) is 30.3 Å². The van der Waals surface area contributed by atoms with Gasteiger partial charge in [-0.15, -0.1) is 0 Å². The molecule has 1 heterocycles. The van der Waals surface area contributed by atoms with Crippen LogP contribution in [0.15, 0.2) is 65.3 Å². The SMILES string of the molecule is CCOc1cccc(C=C2N=C(c3ccccc3)OC2=O)c1. The lowest BCUT2D eigenvalue weighted by Gasteiger charge is -2.03. The van der Waals surface area contributed by atoms with Crippen LogP contribution in [0.3, 0.4) is 0 Å². The summed E-state index contributed by atoms with van der Waals surface area (Å²) in [5, 5.41) is 0. The highest BCUT2D eigenvalue weighted by Crippen LogP contribution is 2.21.